The molecule has 0 amide bonds. The van der Waals surface area contributed by atoms with Gasteiger partial charge >= 0.3 is 0 Å². The van der Waals surface area contributed by atoms with Crippen LogP contribution < -0.4 is 10.1 Å². The van der Waals surface area contributed by atoms with Crippen LogP contribution in [0.25, 0.3) is 10.2 Å². The third-order valence-electron chi connectivity index (χ3n) is 2.70. The van der Waals surface area contributed by atoms with E-state index in [0.717, 1.165) is 31.8 Å². The molecule has 0 aliphatic carbocycles. The molecule has 3 rings (SSSR count). The molecule has 0 spiro atoms. The maximum Gasteiger partial charge on any atom is 0.188 e. The van der Waals surface area contributed by atoms with Crippen molar-refractivity contribution in [2.75, 3.05) is 12.4 Å². The van der Waals surface area contributed by atoms with Gasteiger partial charge in [-0.2, -0.15) is 0 Å². The minimum atomic E-state index is 0.722. The van der Waals surface area contributed by atoms with Gasteiger partial charge in [-0.3, -0.25) is 0 Å². The fraction of sp³-hybridized carbons (Fsp3) is 0.0714. The van der Waals surface area contributed by atoms with Crippen molar-refractivity contribution in [1.82, 2.24) is 4.98 Å². The minimum Gasteiger partial charge on any atom is -0.495 e. The average molecular weight is 291 g/mol. The van der Waals surface area contributed by atoms with Crippen LogP contribution >= 0.6 is 22.9 Å². The van der Waals surface area contributed by atoms with Gasteiger partial charge in [0, 0.05) is 5.02 Å². The van der Waals surface area contributed by atoms with Crippen LogP contribution in [-0.4, -0.2) is 12.1 Å². The van der Waals surface area contributed by atoms with E-state index in [1.165, 1.54) is 0 Å². The highest BCUT2D eigenvalue weighted by atomic mass is 35.5. The van der Waals surface area contributed by atoms with Crippen molar-refractivity contribution in [3.8, 4) is 5.75 Å². The van der Waals surface area contributed by atoms with E-state index in [4.69, 9.17) is 16.3 Å². The summed E-state index contributed by atoms with van der Waals surface area (Å²) < 4.78 is 6.36. The Morgan fingerprint density at radius 2 is 2.05 bits per heavy atom. The van der Waals surface area contributed by atoms with E-state index in [0.29, 0.717) is 0 Å². The van der Waals surface area contributed by atoms with Crippen molar-refractivity contribution in [2.45, 2.75) is 0 Å². The van der Waals surface area contributed by atoms with Crippen molar-refractivity contribution in [1.29, 1.82) is 0 Å². The maximum atomic E-state index is 5.97. The van der Waals surface area contributed by atoms with E-state index >= 15 is 0 Å². The number of halogens is 1. The topological polar surface area (TPSA) is 34.1 Å². The molecule has 1 aromatic heterocycles. The molecular weight excluding hydrogens is 280 g/mol. The Morgan fingerprint density at radius 1 is 1.21 bits per heavy atom. The molecule has 96 valence electrons. The van der Waals surface area contributed by atoms with Crippen molar-refractivity contribution >= 4 is 44.0 Å². The fourth-order valence-electron chi connectivity index (χ4n) is 1.82. The van der Waals surface area contributed by atoms with Crippen molar-refractivity contribution < 1.29 is 4.74 Å². The second kappa shape index (κ2) is 5.07. The number of nitrogens with zero attached hydrogens (tertiary/aromatic N) is 1. The SMILES string of the molecule is COc1ccccc1Nc1nc2ccc(Cl)cc2s1. The van der Waals surface area contributed by atoms with Crippen LogP contribution in [0.5, 0.6) is 5.75 Å². The van der Waals surface area contributed by atoms with Gasteiger partial charge in [-0.15, -0.1) is 0 Å². The zero-order chi connectivity index (χ0) is 13.2. The highest BCUT2D eigenvalue weighted by molar-refractivity contribution is 7.22. The monoisotopic (exact) mass is 290 g/mol. The van der Waals surface area contributed by atoms with Crippen LogP contribution in [0.2, 0.25) is 5.02 Å². The standard InChI is InChI=1S/C14H11ClN2OS/c1-18-12-5-3-2-4-10(12)16-14-17-11-7-6-9(15)8-13(11)19-14/h2-8H,1H3,(H,16,17). The summed E-state index contributed by atoms with van der Waals surface area (Å²) in [5, 5.41) is 4.81. The van der Waals surface area contributed by atoms with Crippen molar-refractivity contribution in [2.24, 2.45) is 0 Å². The molecule has 5 heteroatoms. The number of ether oxygens (including phenoxy) is 1. The molecule has 0 atom stereocenters. The Bertz CT molecular complexity index is 726. The molecule has 0 radical (unpaired) electrons. The van der Waals surface area contributed by atoms with Gasteiger partial charge in [0.25, 0.3) is 0 Å². The van der Waals surface area contributed by atoms with Gasteiger partial charge in [0.05, 0.1) is 23.0 Å². The fourth-order valence-corrected chi connectivity index (χ4v) is 2.97. The predicted molar refractivity (Wildman–Crippen MR) is 80.9 cm³/mol. The van der Waals surface area contributed by atoms with Gasteiger partial charge in [0.1, 0.15) is 5.75 Å². The third-order valence-corrected chi connectivity index (χ3v) is 3.87. The van der Waals surface area contributed by atoms with Crippen LogP contribution in [0.4, 0.5) is 10.8 Å². The first kappa shape index (κ1) is 12.3. The number of aromatic nitrogens is 1. The zero-order valence-electron chi connectivity index (χ0n) is 10.2. The summed E-state index contributed by atoms with van der Waals surface area (Å²) in [5.41, 5.74) is 1.84. The summed E-state index contributed by atoms with van der Waals surface area (Å²) in [6.07, 6.45) is 0. The molecule has 1 N–H and O–H groups in total. The molecule has 19 heavy (non-hydrogen) atoms. The number of methoxy groups -OCH3 is 1. The van der Waals surface area contributed by atoms with E-state index in [9.17, 15) is 0 Å². The van der Waals surface area contributed by atoms with Gasteiger partial charge < -0.3 is 10.1 Å². The van der Waals surface area contributed by atoms with Crippen LogP contribution in [0, 0.1) is 0 Å². The van der Waals surface area contributed by atoms with E-state index in [2.05, 4.69) is 10.3 Å². The summed E-state index contributed by atoms with van der Waals surface area (Å²) in [7, 11) is 1.65. The molecule has 0 fully saturated rings. The molecule has 1 heterocycles. The lowest BCUT2D eigenvalue weighted by molar-refractivity contribution is 0.417. The highest BCUT2D eigenvalue weighted by Crippen LogP contribution is 2.32. The highest BCUT2D eigenvalue weighted by Gasteiger charge is 2.07. The summed E-state index contributed by atoms with van der Waals surface area (Å²) in [5.74, 6) is 0.791. The summed E-state index contributed by atoms with van der Waals surface area (Å²) >= 11 is 7.54. The Labute approximate surface area is 119 Å². The van der Waals surface area contributed by atoms with E-state index < -0.39 is 0 Å². The van der Waals surface area contributed by atoms with Crippen LogP contribution in [0.15, 0.2) is 42.5 Å². The zero-order valence-corrected chi connectivity index (χ0v) is 11.8. The van der Waals surface area contributed by atoms with Crippen LogP contribution in [0.1, 0.15) is 0 Å². The first-order valence-electron chi connectivity index (χ1n) is 5.72. The predicted octanol–water partition coefficient (Wildman–Crippen LogP) is 4.70. The smallest absolute Gasteiger partial charge is 0.188 e. The Morgan fingerprint density at radius 3 is 2.89 bits per heavy atom. The number of nitrogens with one attached hydrogen (secondary N) is 1. The Balaban J connectivity index is 1.96. The molecule has 0 saturated carbocycles. The molecule has 0 unspecified atom stereocenters. The number of rotatable bonds is 3. The number of hydrogen-bond donors (Lipinski definition) is 1. The van der Waals surface area contributed by atoms with Gasteiger partial charge in [0.2, 0.25) is 0 Å². The van der Waals surface area contributed by atoms with Crippen molar-refractivity contribution in [3.05, 3.63) is 47.5 Å². The quantitative estimate of drug-likeness (QED) is 0.759. The van der Waals surface area contributed by atoms with Gasteiger partial charge in [-0.05, 0) is 30.3 Å². The lowest BCUT2D eigenvalue weighted by atomic mass is 10.3. The normalized spacial score (nSPS) is 10.6. The van der Waals surface area contributed by atoms with Gasteiger partial charge in [-0.1, -0.05) is 35.1 Å². The van der Waals surface area contributed by atoms with E-state index in [1.54, 1.807) is 18.4 Å². The molecule has 3 nitrogen and oxygen atoms in total. The van der Waals surface area contributed by atoms with Gasteiger partial charge in [-0.25, -0.2) is 4.98 Å². The second-order valence-electron chi connectivity index (χ2n) is 3.96. The molecule has 0 saturated heterocycles. The molecule has 0 aliphatic heterocycles. The first-order valence-corrected chi connectivity index (χ1v) is 6.92. The van der Waals surface area contributed by atoms with Crippen LogP contribution in [-0.2, 0) is 0 Å². The largest absolute Gasteiger partial charge is 0.495 e. The summed E-state index contributed by atoms with van der Waals surface area (Å²) in [6.45, 7) is 0. The van der Waals surface area contributed by atoms with Gasteiger partial charge in [0.15, 0.2) is 5.13 Å². The lowest BCUT2D eigenvalue weighted by Crippen LogP contribution is -1.93. The first-order chi connectivity index (χ1) is 9.26. The molecule has 0 aliphatic rings. The molecule has 3 aromatic rings. The third kappa shape index (κ3) is 2.50. The number of fused-ring (bicyclic) bond motifs is 1. The minimum absolute atomic E-state index is 0.722. The Hall–Kier alpha value is -1.78. The van der Waals surface area contributed by atoms with Crippen LogP contribution in [0.3, 0.4) is 0 Å². The molecule has 0 bridgehead atoms. The number of para-hydroxylation sites is 2. The summed E-state index contributed by atoms with van der Waals surface area (Å²) in [6, 6.07) is 13.4. The second-order valence-corrected chi connectivity index (χ2v) is 5.42. The molecular formula is C14H11ClN2OS. The molecule has 2 aromatic carbocycles. The summed E-state index contributed by atoms with van der Waals surface area (Å²) in [4.78, 5) is 4.52. The Kier molecular flexibility index (Phi) is 3.27. The van der Waals surface area contributed by atoms with E-state index in [-0.39, 0.29) is 0 Å². The average Bonchev–Trinajstić information content (AvgIpc) is 2.80. The number of anilines is 2. The number of hydrogen-bond acceptors (Lipinski definition) is 4. The maximum absolute atomic E-state index is 5.97. The van der Waals surface area contributed by atoms with Crippen molar-refractivity contribution in [3.63, 3.8) is 0 Å². The lowest BCUT2D eigenvalue weighted by Gasteiger charge is -2.07. The number of thiazole rings is 1. The number of benzene rings is 2. The van der Waals surface area contributed by atoms with E-state index in [1.807, 2.05) is 42.5 Å².